The minimum Gasteiger partial charge on any atom is -0.349 e. The van der Waals surface area contributed by atoms with Crippen LogP contribution >= 0.6 is 0 Å². The minimum atomic E-state index is -1.20. The summed E-state index contributed by atoms with van der Waals surface area (Å²) in [4.78, 5) is 25.8. The molecule has 2 aliphatic rings. The predicted octanol–water partition coefficient (Wildman–Crippen LogP) is 2.50. The lowest BCUT2D eigenvalue weighted by Crippen LogP contribution is -2.45. The van der Waals surface area contributed by atoms with Crippen LogP contribution in [0.3, 0.4) is 0 Å². The number of benzene rings is 1. The summed E-state index contributed by atoms with van der Waals surface area (Å²) in [5, 5.41) is 3.00. The summed E-state index contributed by atoms with van der Waals surface area (Å²) >= 11 is 0. The van der Waals surface area contributed by atoms with E-state index in [4.69, 9.17) is 0 Å². The Hall–Kier alpha value is -1.91. The highest BCUT2D eigenvalue weighted by Crippen LogP contribution is 2.47. The van der Waals surface area contributed by atoms with Crippen LogP contribution in [-0.2, 0) is 4.79 Å². The van der Waals surface area contributed by atoms with Gasteiger partial charge in [0.05, 0.1) is 5.41 Å². The number of halogens is 1. The molecule has 2 fully saturated rings. The lowest BCUT2D eigenvalue weighted by Gasteiger charge is -2.36. The van der Waals surface area contributed by atoms with Gasteiger partial charge in [-0.15, -0.1) is 0 Å². The topological polar surface area (TPSA) is 49.4 Å². The molecule has 1 aromatic rings. The number of amides is 2. The Labute approximate surface area is 129 Å². The summed E-state index contributed by atoms with van der Waals surface area (Å²) in [6.45, 7) is 0. The molecule has 1 aliphatic heterocycles. The summed E-state index contributed by atoms with van der Waals surface area (Å²) in [6, 6.07) is 8.96. The Balaban J connectivity index is 1.69. The summed E-state index contributed by atoms with van der Waals surface area (Å²) in [6.07, 6.45) is 1.99. The Morgan fingerprint density at radius 3 is 2.68 bits per heavy atom. The van der Waals surface area contributed by atoms with Crippen LogP contribution in [0.5, 0.6) is 0 Å². The first-order valence-electron chi connectivity index (χ1n) is 7.79. The number of hydrogen-bond donors (Lipinski definition) is 1. The van der Waals surface area contributed by atoms with E-state index in [-0.39, 0.29) is 24.3 Å². The second-order valence-electron chi connectivity index (χ2n) is 6.47. The highest BCUT2D eigenvalue weighted by molar-refractivity contribution is 5.94. The van der Waals surface area contributed by atoms with E-state index in [9.17, 15) is 14.0 Å². The molecule has 3 unspecified atom stereocenters. The zero-order chi connectivity index (χ0) is 15.7. The standard InChI is InChI=1S/C17H21FN2O2/c1-20-14(18)11-17(16(20)22)9-5-8-13(10-17)19-15(21)12-6-3-2-4-7-12/h2-4,6-7,13-14H,5,8-11H2,1H3,(H,19,21). The summed E-state index contributed by atoms with van der Waals surface area (Å²) in [5.41, 5.74) is -0.0125. The molecule has 0 bridgehead atoms. The molecule has 118 valence electrons. The van der Waals surface area contributed by atoms with Gasteiger partial charge < -0.3 is 10.2 Å². The largest absolute Gasteiger partial charge is 0.349 e. The quantitative estimate of drug-likeness (QED) is 0.854. The number of alkyl halides is 1. The maximum absolute atomic E-state index is 13.9. The third-order valence-corrected chi connectivity index (χ3v) is 4.97. The molecule has 22 heavy (non-hydrogen) atoms. The summed E-state index contributed by atoms with van der Waals surface area (Å²) in [7, 11) is 1.52. The van der Waals surface area contributed by atoms with E-state index in [1.165, 1.54) is 11.9 Å². The normalized spacial score (nSPS) is 31.5. The van der Waals surface area contributed by atoms with Crippen LogP contribution < -0.4 is 5.32 Å². The van der Waals surface area contributed by atoms with E-state index >= 15 is 0 Å². The summed E-state index contributed by atoms with van der Waals surface area (Å²) in [5.74, 6) is -0.239. The van der Waals surface area contributed by atoms with Crippen molar-refractivity contribution < 1.29 is 14.0 Å². The van der Waals surface area contributed by atoms with E-state index < -0.39 is 11.7 Å². The molecule has 1 spiro atoms. The third-order valence-electron chi connectivity index (χ3n) is 4.97. The maximum atomic E-state index is 13.9. The number of nitrogens with zero attached hydrogens (tertiary/aromatic N) is 1. The van der Waals surface area contributed by atoms with Crippen molar-refractivity contribution in [1.29, 1.82) is 0 Å². The first-order chi connectivity index (χ1) is 10.5. The van der Waals surface area contributed by atoms with Crippen molar-refractivity contribution >= 4 is 11.8 Å². The Morgan fingerprint density at radius 1 is 1.32 bits per heavy atom. The lowest BCUT2D eigenvalue weighted by atomic mass is 9.71. The van der Waals surface area contributed by atoms with Crippen LogP contribution in [0.25, 0.3) is 0 Å². The average Bonchev–Trinajstić information content (AvgIpc) is 2.72. The molecule has 0 radical (unpaired) electrons. The fourth-order valence-corrected chi connectivity index (χ4v) is 3.77. The van der Waals surface area contributed by atoms with Gasteiger partial charge in [-0.1, -0.05) is 24.6 Å². The Bertz CT molecular complexity index is 577. The van der Waals surface area contributed by atoms with Gasteiger partial charge in [0, 0.05) is 25.1 Å². The Kier molecular flexibility index (Phi) is 3.89. The molecular weight excluding hydrogens is 283 g/mol. The monoisotopic (exact) mass is 304 g/mol. The number of carbonyl (C=O) groups excluding carboxylic acids is 2. The molecule has 1 saturated carbocycles. The number of nitrogens with one attached hydrogen (secondary N) is 1. The van der Waals surface area contributed by atoms with E-state index in [2.05, 4.69) is 5.32 Å². The van der Waals surface area contributed by atoms with Gasteiger partial charge in [0.2, 0.25) is 5.91 Å². The van der Waals surface area contributed by atoms with Crippen LogP contribution in [-0.4, -0.2) is 36.1 Å². The molecule has 3 atom stereocenters. The van der Waals surface area contributed by atoms with Crippen LogP contribution in [0.1, 0.15) is 42.5 Å². The molecule has 2 amide bonds. The molecule has 0 aromatic heterocycles. The van der Waals surface area contributed by atoms with Gasteiger partial charge in [0.15, 0.2) is 6.30 Å². The van der Waals surface area contributed by atoms with Crippen LogP contribution in [0.15, 0.2) is 30.3 Å². The molecule has 1 aliphatic carbocycles. The fraction of sp³-hybridized carbons (Fsp3) is 0.529. The molecule has 1 aromatic carbocycles. The van der Waals surface area contributed by atoms with Crippen LogP contribution in [0, 0.1) is 5.41 Å². The fourth-order valence-electron chi connectivity index (χ4n) is 3.77. The predicted molar refractivity (Wildman–Crippen MR) is 80.9 cm³/mol. The van der Waals surface area contributed by atoms with Crippen molar-refractivity contribution in [2.45, 2.75) is 44.4 Å². The van der Waals surface area contributed by atoms with Gasteiger partial charge in [-0.05, 0) is 31.4 Å². The number of carbonyl (C=O) groups is 2. The lowest BCUT2D eigenvalue weighted by molar-refractivity contribution is -0.138. The zero-order valence-corrected chi connectivity index (χ0v) is 12.7. The molecular formula is C17H21FN2O2. The molecule has 1 heterocycles. The van der Waals surface area contributed by atoms with Crippen LogP contribution in [0.2, 0.25) is 0 Å². The van der Waals surface area contributed by atoms with Crippen molar-refractivity contribution in [2.75, 3.05) is 7.05 Å². The second-order valence-corrected chi connectivity index (χ2v) is 6.47. The average molecular weight is 304 g/mol. The van der Waals surface area contributed by atoms with Gasteiger partial charge in [-0.3, -0.25) is 9.59 Å². The van der Waals surface area contributed by atoms with Crippen LogP contribution in [0.4, 0.5) is 4.39 Å². The highest BCUT2D eigenvalue weighted by Gasteiger charge is 2.52. The highest BCUT2D eigenvalue weighted by atomic mass is 19.1. The minimum absolute atomic E-state index is 0.0656. The van der Waals surface area contributed by atoms with E-state index in [1.54, 1.807) is 12.1 Å². The molecule has 1 saturated heterocycles. The number of rotatable bonds is 2. The van der Waals surface area contributed by atoms with Gasteiger partial charge in [0.25, 0.3) is 5.91 Å². The molecule has 4 nitrogen and oxygen atoms in total. The van der Waals surface area contributed by atoms with Crippen molar-refractivity contribution in [3.05, 3.63) is 35.9 Å². The van der Waals surface area contributed by atoms with Gasteiger partial charge in [-0.25, -0.2) is 4.39 Å². The van der Waals surface area contributed by atoms with Gasteiger partial charge in [-0.2, -0.15) is 0 Å². The number of hydrogen-bond acceptors (Lipinski definition) is 2. The molecule has 3 rings (SSSR count). The third kappa shape index (κ3) is 2.60. The van der Waals surface area contributed by atoms with Gasteiger partial charge in [0.1, 0.15) is 0 Å². The SMILES string of the molecule is CN1C(=O)C2(CCCC(NC(=O)c3ccccc3)C2)CC1F. The Morgan fingerprint density at radius 2 is 2.05 bits per heavy atom. The second kappa shape index (κ2) is 5.71. The number of likely N-dealkylation sites (tertiary alicyclic amines) is 1. The van der Waals surface area contributed by atoms with E-state index in [1.807, 2.05) is 18.2 Å². The smallest absolute Gasteiger partial charge is 0.251 e. The van der Waals surface area contributed by atoms with Gasteiger partial charge >= 0.3 is 0 Å². The summed E-state index contributed by atoms with van der Waals surface area (Å²) < 4.78 is 13.9. The van der Waals surface area contributed by atoms with Crippen molar-refractivity contribution in [1.82, 2.24) is 10.2 Å². The van der Waals surface area contributed by atoms with Crippen molar-refractivity contribution in [3.63, 3.8) is 0 Å². The zero-order valence-electron chi connectivity index (χ0n) is 12.7. The molecule has 5 heteroatoms. The van der Waals surface area contributed by atoms with E-state index in [0.717, 1.165) is 12.8 Å². The first kappa shape index (κ1) is 15.0. The van der Waals surface area contributed by atoms with E-state index in [0.29, 0.717) is 18.4 Å². The maximum Gasteiger partial charge on any atom is 0.251 e. The van der Waals surface area contributed by atoms with Crippen molar-refractivity contribution in [3.8, 4) is 0 Å². The first-order valence-corrected chi connectivity index (χ1v) is 7.79. The molecule has 1 N–H and O–H groups in total. The van der Waals surface area contributed by atoms with Crippen molar-refractivity contribution in [2.24, 2.45) is 5.41 Å².